The summed E-state index contributed by atoms with van der Waals surface area (Å²) < 4.78 is 29.7. The summed E-state index contributed by atoms with van der Waals surface area (Å²) in [6.07, 6.45) is 4.52. The third kappa shape index (κ3) is 7.36. The van der Waals surface area contributed by atoms with Crippen molar-refractivity contribution in [2.24, 2.45) is 0 Å². The number of sulfonamides is 1. The SMILES string of the molecule is O=C([C@@H](Cc1ccccc1)NS(=O)(=O)c1ccc(Br)cc1)N1CCN(C/C=C/c2ccccc2)CC1. The van der Waals surface area contributed by atoms with Gasteiger partial charge >= 0.3 is 0 Å². The number of carbonyl (C=O) groups is 1. The van der Waals surface area contributed by atoms with Crippen LogP contribution in [0.1, 0.15) is 11.1 Å². The summed E-state index contributed by atoms with van der Waals surface area (Å²) in [4.78, 5) is 17.7. The molecule has 0 aliphatic carbocycles. The topological polar surface area (TPSA) is 69.7 Å². The van der Waals surface area contributed by atoms with Crippen molar-refractivity contribution in [3.63, 3.8) is 0 Å². The maximum Gasteiger partial charge on any atom is 0.241 e. The number of hydrogen-bond donors (Lipinski definition) is 1. The van der Waals surface area contributed by atoms with Crippen LogP contribution in [0.2, 0.25) is 0 Å². The van der Waals surface area contributed by atoms with Crippen molar-refractivity contribution in [1.82, 2.24) is 14.5 Å². The normalized spacial score (nSPS) is 15.8. The van der Waals surface area contributed by atoms with Crippen LogP contribution in [0.4, 0.5) is 0 Å². The minimum atomic E-state index is -3.87. The van der Waals surface area contributed by atoms with E-state index in [0.29, 0.717) is 13.1 Å². The van der Waals surface area contributed by atoms with E-state index < -0.39 is 16.1 Å². The van der Waals surface area contributed by atoms with E-state index in [9.17, 15) is 13.2 Å². The van der Waals surface area contributed by atoms with E-state index in [2.05, 4.69) is 49.8 Å². The van der Waals surface area contributed by atoms with Gasteiger partial charge in [-0.25, -0.2) is 8.42 Å². The van der Waals surface area contributed by atoms with Crippen molar-refractivity contribution in [1.29, 1.82) is 0 Å². The van der Waals surface area contributed by atoms with Crippen LogP contribution in [-0.4, -0.2) is 62.9 Å². The molecule has 1 N–H and O–H groups in total. The lowest BCUT2D eigenvalue weighted by Crippen LogP contribution is -2.55. The van der Waals surface area contributed by atoms with Gasteiger partial charge in [-0.1, -0.05) is 88.7 Å². The molecule has 0 aromatic heterocycles. The summed E-state index contributed by atoms with van der Waals surface area (Å²) in [6.45, 7) is 3.40. The molecule has 188 valence electrons. The van der Waals surface area contributed by atoms with Crippen LogP contribution in [0.5, 0.6) is 0 Å². The van der Waals surface area contributed by atoms with E-state index >= 15 is 0 Å². The van der Waals surface area contributed by atoms with Gasteiger partial charge in [-0.15, -0.1) is 0 Å². The fraction of sp³-hybridized carbons (Fsp3) is 0.250. The Balaban J connectivity index is 1.41. The molecule has 3 aromatic rings. The van der Waals surface area contributed by atoms with Gasteiger partial charge in [-0.2, -0.15) is 4.72 Å². The van der Waals surface area contributed by atoms with Crippen LogP contribution in [0, 0.1) is 0 Å². The smallest absolute Gasteiger partial charge is 0.241 e. The van der Waals surface area contributed by atoms with Gasteiger partial charge < -0.3 is 4.90 Å². The van der Waals surface area contributed by atoms with Crippen LogP contribution in [0.3, 0.4) is 0 Å². The lowest BCUT2D eigenvalue weighted by atomic mass is 10.1. The number of piperazine rings is 1. The number of amides is 1. The molecule has 0 unspecified atom stereocenters. The molecule has 1 atom stereocenters. The molecule has 1 fully saturated rings. The Labute approximate surface area is 221 Å². The highest BCUT2D eigenvalue weighted by atomic mass is 79.9. The Hall–Kier alpha value is -2.78. The van der Waals surface area contributed by atoms with E-state index in [1.54, 1.807) is 17.0 Å². The van der Waals surface area contributed by atoms with Gasteiger partial charge in [0.1, 0.15) is 6.04 Å². The standard InChI is InChI=1S/C28H30BrN3O3S/c29-25-13-15-26(16-14-25)36(34,35)30-27(22-24-10-5-2-6-11-24)28(33)32-20-18-31(19-21-32)17-7-12-23-8-3-1-4-9-23/h1-16,27,30H,17-22H2/b12-7+/t27-/m1/s1. The van der Waals surface area contributed by atoms with Gasteiger partial charge in [0.15, 0.2) is 0 Å². The number of nitrogens with zero attached hydrogens (tertiary/aromatic N) is 2. The molecule has 1 amide bonds. The molecule has 1 aliphatic heterocycles. The monoisotopic (exact) mass is 567 g/mol. The van der Waals surface area contributed by atoms with Crippen LogP contribution >= 0.6 is 15.9 Å². The van der Waals surface area contributed by atoms with Crippen molar-refractivity contribution in [3.05, 3.63) is 107 Å². The first kappa shape index (κ1) is 26.3. The number of benzene rings is 3. The Bertz CT molecular complexity index is 1260. The van der Waals surface area contributed by atoms with Gasteiger partial charge in [0.2, 0.25) is 15.9 Å². The number of carbonyl (C=O) groups excluding carboxylic acids is 1. The molecule has 8 heteroatoms. The van der Waals surface area contributed by atoms with Crippen molar-refractivity contribution in [2.75, 3.05) is 32.7 Å². The van der Waals surface area contributed by atoms with Crippen LogP contribution < -0.4 is 4.72 Å². The van der Waals surface area contributed by atoms with E-state index in [1.165, 1.54) is 12.1 Å². The summed E-state index contributed by atoms with van der Waals surface area (Å²) in [6, 6.07) is 25.2. The fourth-order valence-electron chi connectivity index (χ4n) is 4.17. The molecule has 0 bridgehead atoms. The molecule has 1 aliphatic rings. The van der Waals surface area contributed by atoms with Crippen LogP contribution in [0.25, 0.3) is 6.08 Å². The van der Waals surface area contributed by atoms with E-state index in [4.69, 9.17) is 0 Å². The van der Waals surface area contributed by atoms with Crippen LogP contribution in [0.15, 0.2) is 100 Å². The summed E-state index contributed by atoms with van der Waals surface area (Å²) in [5, 5.41) is 0. The van der Waals surface area contributed by atoms with Gasteiger partial charge in [-0.05, 0) is 41.8 Å². The maximum absolute atomic E-state index is 13.5. The van der Waals surface area contributed by atoms with Crippen molar-refractivity contribution < 1.29 is 13.2 Å². The molecule has 36 heavy (non-hydrogen) atoms. The number of halogens is 1. The lowest BCUT2D eigenvalue weighted by molar-refractivity contribution is -0.134. The van der Waals surface area contributed by atoms with Crippen LogP contribution in [-0.2, 0) is 21.2 Å². The highest BCUT2D eigenvalue weighted by Crippen LogP contribution is 2.17. The highest BCUT2D eigenvalue weighted by molar-refractivity contribution is 9.10. The largest absolute Gasteiger partial charge is 0.339 e. The summed E-state index contributed by atoms with van der Waals surface area (Å²) in [5.74, 6) is -0.195. The molecule has 6 nitrogen and oxygen atoms in total. The van der Waals surface area contributed by atoms with Crippen molar-refractivity contribution in [3.8, 4) is 0 Å². The quantitative estimate of drug-likeness (QED) is 0.421. The molecule has 3 aromatic carbocycles. The number of hydrogen-bond acceptors (Lipinski definition) is 4. The zero-order valence-corrected chi connectivity index (χ0v) is 22.4. The zero-order chi connectivity index (χ0) is 25.4. The summed E-state index contributed by atoms with van der Waals surface area (Å²) >= 11 is 3.33. The molecule has 1 saturated heterocycles. The second-order valence-corrected chi connectivity index (χ2v) is 11.4. The van der Waals surface area contributed by atoms with Gasteiger partial charge in [0.05, 0.1) is 4.90 Å². The second kappa shape index (κ2) is 12.5. The summed E-state index contributed by atoms with van der Waals surface area (Å²) in [5.41, 5.74) is 2.06. The Kier molecular flexibility index (Phi) is 9.09. The lowest BCUT2D eigenvalue weighted by Gasteiger charge is -2.36. The van der Waals surface area contributed by atoms with Gasteiger partial charge in [-0.3, -0.25) is 9.69 Å². The van der Waals surface area contributed by atoms with E-state index in [1.807, 2.05) is 48.5 Å². The molecule has 0 spiro atoms. The molecular weight excluding hydrogens is 538 g/mol. The maximum atomic E-state index is 13.5. The molecule has 1 heterocycles. The Morgan fingerprint density at radius 1 is 0.889 bits per heavy atom. The second-order valence-electron chi connectivity index (χ2n) is 8.76. The third-order valence-corrected chi connectivity index (χ3v) is 8.18. The van der Waals surface area contributed by atoms with Gasteiger partial charge in [0.25, 0.3) is 0 Å². The predicted molar refractivity (Wildman–Crippen MR) is 147 cm³/mol. The summed E-state index contributed by atoms with van der Waals surface area (Å²) in [7, 11) is -3.87. The third-order valence-electron chi connectivity index (χ3n) is 6.16. The molecule has 0 saturated carbocycles. The Morgan fingerprint density at radius 3 is 2.14 bits per heavy atom. The molecule has 0 radical (unpaired) electrons. The average molecular weight is 569 g/mol. The first-order chi connectivity index (χ1) is 17.4. The highest BCUT2D eigenvalue weighted by Gasteiger charge is 2.31. The number of nitrogens with one attached hydrogen (secondary N) is 1. The van der Waals surface area contributed by atoms with Gasteiger partial charge in [0, 0.05) is 37.2 Å². The number of rotatable bonds is 9. The first-order valence-corrected chi connectivity index (χ1v) is 14.2. The van der Waals surface area contributed by atoms with E-state index in [-0.39, 0.29) is 17.2 Å². The minimum Gasteiger partial charge on any atom is -0.339 e. The van der Waals surface area contributed by atoms with E-state index in [0.717, 1.165) is 35.2 Å². The predicted octanol–water partition coefficient (Wildman–Crippen LogP) is 4.20. The van der Waals surface area contributed by atoms with Crippen molar-refractivity contribution >= 4 is 37.9 Å². The molecular formula is C28H30BrN3O3S. The molecule has 4 rings (SSSR count). The minimum absolute atomic E-state index is 0.131. The average Bonchev–Trinajstić information content (AvgIpc) is 2.90. The zero-order valence-electron chi connectivity index (χ0n) is 20.0. The fourth-order valence-corrected chi connectivity index (χ4v) is 5.63. The first-order valence-electron chi connectivity index (χ1n) is 12.0. The van der Waals surface area contributed by atoms with Crippen molar-refractivity contribution in [2.45, 2.75) is 17.4 Å². The Morgan fingerprint density at radius 2 is 1.50 bits per heavy atom.